The summed E-state index contributed by atoms with van der Waals surface area (Å²) in [5, 5.41) is 16.7. The Hall–Kier alpha value is -1.55. The summed E-state index contributed by atoms with van der Waals surface area (Å²) in [5.74, 6) is -0.188. The van der Waals surface area contributed by atoms with Gasteiger partial charge >= 0.3 is 5.97 Å². The lowest BCUT2D eigenvalue weighted by Crippen LogP contribution is -1.99. The number of aromatic hydroxyl groups is 1. The first-order valence-electron chi connectivity index (χ1n) is 11.3. The van der Waals surface area contributed by atoms with Gasteiger partial charge in [-0.3, -0.25) is 0 Å². The van der Waals surface area contributed by atoms with Crippen molar-refractivity contribution in [2.75, 3.05) is 0 Å². The van der Waals surface area contributed by atoms with Crippen molar-refractivity contribution in [2.24, 2.45) is 0 Å². The third kappa shape index (κ3) is 20.8. The topological polar surface area (TPSA) is 66.8 Å². The monoisotopic (exact) mass is 394 g/mol. The molecule has 0 radical (unpaired) electrons. The molecule has 0 saturated heterocycles. The number of hydrogen-bond donors (Lipinski definition) is 2. The number of hydrogen-bond acceptors (Lipinski definition) is 4. The molecule has 0 saturated carbocycles. The third-order valence-electron chi connectivity index (χ3n) is 4.84. The summed E-state index contributed by atoms with van der Waals surface area (Å²) in [5.41, 5.74) is 0. The van der Waals surface area contributed by atoms with Gasteiger partial charge in [-0.2, -0.15) is 5.26 Å². The highest BCUT2D eigenvalue weighted by atomic mass is 17.1. The van der Waals surface area contributed by atoms with Crippen LogP contribution in [-0.2, 0) is 9.68 Å². The Kier molecular flexibility index (Phi) is 20.5. The van der Waals surface area contributed by atoms with Gasteiger partial charge in [0.15, 0.2) is 0 Å². The molecule has 2 N–H and O–H groups in total. The van der Waals surface area contributed by atoms with Gasteiger partial charge in [0.25, 0.3) is 0 Å². The van der Waals surface area contributed by atoms with E-state index in [4.69, 9.17) is 10.4 Å². The first kappa shape index (κ1) is 26.4. The highest BCUT2D eigenvalue weighted by Gasteiger charge is 2.00. The van der Waals surface area contributed by atoms with E-state index in [-0.39, 0.29) is 0 Å². The smallest absolute Gasteiger partial charge is 0.342 e. The Bertz CT molecular complexity index is 433. The van der Waals surface area contributed by atoms with Crippen molar-refractivity contribution in [3.63, 3.8) is 0 Å². The van der Waals surface area contributed by atoms with Crippen molar-refractivity contribution < 1.29 is 20.0 Å². The van der Waals surface area contributed by atoms with E-state index in [0.717, 1.165) is 12.8 Å². The number of phenolic OH excluding ortho intramolecular Hbond substituents is 1. The average Bonchev–Trinajstić information content (AvgIpc) is 2.71. The maximum absolute atomic E-state index is 10.7. The number of unbranched alkanes of at least 4 members (excludes halogenated alkanes) is 14. The zero-order valence-corrected chi connectivity index (χ0v) is 17.9. The number of phenols is 1. The van der Waals surface area contributed by atoms with Crippen molar-refractivity contribution >= 4 is 5.97 Å². The maximum atomic E-state index is 10.7. The van der Waals surface area contributed by atoms with Gasteiger partial charge in [0.2, 0.25) is 0 Å². The fraction of sp³-hybridized carbons (Fsp3) is 0.708. The number of carbonyl (C=O) groups excluding carboxylic acids is 1. The van der Waals surface area contributed by atoms with Crippen molar-refractivity contribution in [3.8, 4) is 5.75 Å². The van der Waals surface area contributed by atoms with Gasteiger partial charge in [-0.15, -0.1) is 0 Å². The highest BCUT2D eigenvalue weighted by Crippen LogP contribution is 2.13. The molecule has 28 heavy (non-hydrogen) atoms. The van der Waals surface area contributed by atoms with E-state index < -0.39 is 5.97 Å². The van der Waals surface area contributed by atoms with E-state index in [0.29, 0.717) is 12.2 Å². The Morgan fingerprint density at radius 2 is 1.11 bits per heavy atom. The predicted octanol–water partition coefficient (Wildman–Crippen LogP) is 7.66. The first-order valence-corrected chi connectivity index (χ1v) is 11.3. The molecule has 0 aromatic heterocycles. The number of benzene rings is 1. The Labute approximate surface area is 172 Å². The second-order valence-corrected chi connectivity index (χ2v) is 7.50. The van der Waals surface area contributed by atoms with Crippen molar-refractivity contribution in [2.45, 2.75) is 110 Å². The molecular formula is C24H42O4. The van der Waals surface area contributed by atoms with Crippen LogP contribution < -0.4 is 0 Å². The fourth-order valence-corrected chi connectivity index (χ4v) is 3.11. The normalized spacial score (nSPS) is 10.2. The summed E-state index contributed by atoms with van der Waals surface area (Å²) >= 11 is 0. The zero-order chi connectivity index (χ0) is 20.7. The zero-order valence-electron chi connectivity index (χ0n) is 17.9. The molecule has 1 aromatic rings. The van der Waals surface area contributed by atoms with Crippen LogP contribution in [0.5, 0.6) is 5.75 Å². The number of carbonyl (C=O) groups is 1. The number of rotatable bonds is 16. The summed E-state index contributed by atoms with van der Waals surface area (Å²) in [6.45, 7) is 2.27. The first-order chi connectivity index (χ1) is 13.7. The fourth-order valence-electron chi connectivity index (χ4n) is 3.11. The van der Waals surface area contributed by atoms with Crippen molar-refractivity contribution in [3.05, 3.63) is 30.3 Å². The molecule has 0 aliphatic heterocycles. The van der Waals surface area contributed by atoms with E-state index in [9.17, 15) is 4.79 Å². The molecule has 0 aliphatic rings. The van der Waals surface area contributed by atoms with Gasteiger partial charge in [0.1, 0.15) is 5.75 Å². The van der Waals surface area contributed by atoms with Gasteiger partial charge in [0.05, 0.1) is 0 Å². The summed E-state index contributed by atoms with van der Waals surface area (Å²) in [6, 6.07) is 8.71. The largest absolute Gasteiger partial charge is 0.508 e. The lowest BCUT2D eigenvalue weighted by molar-refractivity contribution is -0.234. The highest BCUT2D eigenvalue weighted by molar-refractivity contribution is 5.68. The van der Waals surface area contributed by atoms with Gasteiger partial charge in [-0.25, -0.2) is 4.79 Å². The van der Waals surface area contributed by atoms with Gasteiger partial charge in [-0.05, 0) is 18.6 Å². The van der Waals surface area contributed by atoms with Crippen LogP contribution in [0.4, 0.5) is 0 Å². The molecule has 1 rings (SSSR count). The molecule has 162 valence electrons. The minimum atomic E-state index is -0.510. The van der Waals surface area contributed by atoms with E-state index in [1.165, 1.54) is 83.5 Å². The summed E-state index contributed by atoms with van der Waals surface area (Å²) < 4.78 is 0. The number of para-hydroxylation sites is 1. The van der Waals surface area contributed by atoms with Crippen LogP contribution in [0, 0.1) is 0 Å². The van der Waals surface area contributed by atoms with E-state index in [2.05, 4.69) is 11.8 Å². The maximum Gasteiger partial charge on any atom is 0.342 e. The lowest BCUT2D eigenvalue weighted by atomic mass is 10.0. The second-order valence-electron chi connectivity index (χ2n) is 7.50. The Balaban J connectivity index is 0.000000861. The van der Waals surface area contributed by atoms with Gasteiger partial charge < -0.3 is 9.99 Å². The minimum absolute atomic E-state index is 0.322. The molecule has 0 heterocycles. The molecule has 4 nitrogen and oxygen atoms in total. The molecule has 0 amide bonds. The molecule has 0 fully saturated rings. The van der Waals surface area contributed by atoms with Crippen LogP contribution in [-0.4, -0.2) is 16.3 Å². The molecule has 1 aromatic carbocycles. The standard InChI is InChI=1S/C18H36O3.C6H6O/c1-2-3-4-5-6-7-8-9-10-11-12-13-14-15-16-17-18(19)21-20;7-6-4-2-1-3-5-6/h20H,2-17H2,1H3;1-5,7H. The lowest BCUT2D eigenvalue weighted by Gasteiger charge is -2.03. The third-order valence-corrected chi connectivity index (χ3v) is 4.84. The van der Waals surface area contributed by atoms with Crippen LogP contribution in [0.1, 0.15) is 110 Å². The van der Waals surface area contributed by atoms with Crippen LogP contribution in [0.2, 0.25) is 0 Å². The molecule has 0 bridgehead atoms. The van der Waals surface area contributed by atoms with Gasteiger partial charge in [0, 0.05) is 6.42 Å². The predicted molar refractivity (Wildman–Crippen MR) is 116 cm³/mol. The van der Waals surface area contributed by atoms with Crippen molar-refractivity contribution in [1.82, 2.24) is 0 Å². The molecule has 0 aliphatic carbocycles. The minimum Gasteiger partial charge on any atom is -0.508 e. The quantitative estimate of drug-likeness (QED) is 0.172. The molecule has 0 atom stereocenters. The summed E-state index contributed by atoms with van der Waals surface area (Å²) in [7, 11) is 0. The van der Waals surface area contributed by atoms with E-state index in [1.807, 2.05) is 6.07 Å². The summed E-state index contributed by atoms with van der Waals surface area (Å²) in [4.78, 5) is 14.3. The molecular weight excluding hydrogens is 352 g/mol. The Morgan fingerprint density at radius 3 is 1.43 bits per heavy atom. The van der Waals surface area contributed by atoms with E-state index in [1.54, 1.807) is 24.3 Å². The average molecular weight is 395 g/mol. The van der Waals surface area contributed by atoms with Crippen molar-refractivity contribution in [1.29, 1.82) is 0 Å². The van der Waals surface area contributed by atoms with Crippen LogP contribution in [0.25, 0.3) is 0 Å². The Morgan fingerprint density at radius 1 is 0.714 bits per heavy atom. The molecule has 0 unspecified atom stereocenters. The summed E-state index contributed by atoms with van der Waals surface area (Å²) in [6.07, 6.45) is 20.0. The van der Waals surface area contributed by atoms with Crippen LogP contribution in [0.15, 0.2) is 30.3 Å². The van der Waals surface area contributed by atoms with Gasteiger partial charge in [-0.1, -0.05) is 115 Å². The van der Waals surface area contributed by atoms with Crippen LogP contribution in [0.3, 0.4) is 0 Å². The van der Waals surface area contributed by atoms with Crippen LogP contribution >= 0.6 is 0 Å². The molecule has 4 heteroatoms. The SMILES string of the molecule is CCCCCCCCCCCCCCCCCC(=O)OO.Oc1ccccc1. The van der Waals surface area contributed by atoms with E-state index >= 15 is 0 Å². The second kappa shape index (κ2) is 21.7. The molecule has 0 spiro atoms.